The third kappa shape index (κ3) is 3.76. The fourth-order valence-electron chi connectivity index (χ4n) is 3.23. The minimum atomic E-state index is -0.101. The molecule has 0 radical (unpaired) electrons. The SMILES string of the molecule is CC(C)N(Cc1cc(=O)n2[nH]ccc2n1)c1ccc(Nc2ccccc2)cc1. The Morgan fingerprint density at radius 3 is 2.46 bits per heavy atom. The first-order valence-electron chi connectivity index (χ1n) is 9.35. The predicted octanol–water partition coefficient (Wildman–Crippen LogP) is 4.18. The highest BCUT2D eigenvalue weighted by Crippen LogP contribution is 2.24. The summed E-state index contributed by atoms with van der Waals surface area (Å²) >= 11 is 0. The van der Waals surface area contributed by atoms with Gasteiger partial charge in [0.05, 0.1) is 12.2 Å². The van der Waals surface area contributed by atoms with Crippen molar-refractivity contribution in [3.05, 3.63) is 89.0 Å². The van der Waals surface area contributed by atoms with Crippen molar-refractivity contribution in [2.75, 3.05) is 10.2 Å². The van der Waals surface area contributed by atoms with Gasteiger partial charge in [-0.25, -0.2) is 9.50 Å². The molecule has 2 aromatic heterocycles. The maximum atomic E-state index is 12.2. The number of hydrogen-bond acceptors (Lipinski definition) is 4. The lowest BCUT2D eigenvalue weighted by Gasteiger charge is -2.29. The van der Waals surface area contributed by atoms with Crippen molar-refractivity contribution >= 4 is 22.7 Å². The number of nitrogens with one attached hydrogen (secondary N) is 2. The van der Waals surface area contributed by atoms with Crippen LogP contribution >= 0.6 is 0 Å². The lowest BCUT2D eigenvalue weighted by molar-refractivity contribution is 0.672. The topological polar surface area (TPSA) is 65.4 Å². The minimum absolute atomic E-state index is 0.101. The molecular formula is C22H23N5O. The zero-order chi connectivity index (χ0) is 19.5. The summed E-state index contributed by atoms with van der Waals surface area (Å²) < 4.78 is 1.44. The van der Waals surface area contributed by atoms with Gasteiger partial charge in [-0.1, -0.05) is 18.2 Å². The molecule has 2 aromatic carbocycles. The molecule has 0 bridgehead atoms. The highest BCUT2D eigenvalue weighted by molar-refractivity contribution is 5.63. The van der Waals surface area contributed by atoms with Gasteiger partial charge in [0.25, 0.3) is 5.56 Å². The molecule has 0 atom stereocenters. The van der Waals surface area contributed by atoms with E-state index in [1.165, 1.54) is 4.52 Å². The van der Waals surface area contributed by atoms with Crippen molar-refractivity contribution in [2.24, 2.45) is 0 Å². The second kappa shape index (κ2) is 7.60. The molecule has 0 aliphatic heterocycles. The molecule has 0 fully saturated rings. The smallest absolute Gasteiger partial charge is 0.272 e. The zero-order valence-corrected chi connectivity index (χ0v) is 16.0. The highest BCUT2D eigenvalue weighted by atomic mass is 16.1. The Kier molecular flexibility index (Phi) is 4.85. The fourth-order valence-corrected chi connectivity index (χ4v) is 3.23. The molecule has 0 saturated heterocycles. The molecule has 2 N–H and O–H groups in total. The first kappa shape index (κ1) is 17.9. The molecule has 4 aromatic rings. The average Bonchev–Trinajstić information content (AvgIpc) is 3.17. The highest BCUT2D eigenvalue weighted by Gasteiger charge is 2.14. The summed E-state index contributed by atoms with van der Waals surface area (Å²) in [6.07, 6.45) is 1.71. The van der Waals surface area contributed by atoms with Crippen LogP contribution in [-0.4, -0.2) is 20.6 Å². The van der Waals surface area contributed by atoms with Crippen LogP contribution in [0.15, 0.2) is 77.7 Å². The van der Waals surface area contributed by atoms with E-state index >= 15 is 0 Å². The molecule has 0 saturated carbocycles. The van der Waals surface area contributed by atoms with Crippen molar-refractivity contribution in [1.82, 2.24) is 14.6 Å². The quantitative estimate of drug-likeness (QED) is 0.532. The second-order valence-electron chi connectivity index (χ2n) is 7.00. The summed E-state index contributed by atoms with van der Waals surface area (Å²) in [6, 6.07) is 22.1. The maximum Gasteiger partial charge on any atom is 0.272 e. The van der Waals surface area contributed by atoms with E-state index in [-0.39, 0.29) is 11.6 Å². The summed E-state index contributed by atoms with van der Waals surface area (Å²) in [4.78, 5) is 19.1. The number of aromatic nitrogens is 3. The first-order chi connectivity index (χ1) is 13.6. The largest absolute Gasteiger partial charge is 0.363 e. The number of hydrogen-bond donors (Lipinski definition) is 2. The van der Waals surface area contributed by atoms with Gasteiger partial charge in [0.1, 0.15) is 0 Å². The van der Waals surface area contributed by atoms with E-state index in [9.17, 15) is 4.79 Å². The number of aromatic amines is 1. The van der Waals surface area contributed by atoms with E-state index < -0.39 is 0 Å². The first-order valence-corrected chi connectivity index (χ1v) is 9.35. The third-order valence-corrected chi connectivity index (χ3v) is 4.65. The van der Waals surface area contributed by atoms with Crippen LogP contribution in [0.25, 0.3) is 5.65 Å². The monoisotopic (exact) mass is 373 g/mol. The number of benzene rings is 2. The van der Waals surface area contributed by atoms with Crippen molar-refractivity contribution in [2.45, 2.75) is 26.4 Å². The molecule has 0 aliphatic carbocycles. The van der Waals surface area contributed by atoms with E-state index in [1.54, 1.807) is 18.3 Å². The number of fused-ring (bicyclic) bond motifs is 1. The van der Waals surface area contributed by atoms with Gasteiger partial charge in [0.2, 0.25) is 0 Å². The van der Waals surface area contributed by atoms with E-state index in [4.69, 9.17) is 0 Å². The van der Waals surface area contributed by atoms with Gasteiger partial charge in [0.15, 0.2) is 5.65 Å². The Morgan fingerprint density at radius 2 is 1.75 bits per heavy atom. The van der Waals surface area contributed by atoms with Crippen LogP contribution in [0, 0.1) is 0 Å². The Hall–Kier alpha value is -3.54. The number of nitrogens with zero attached hydrogens (tertiary/aromatic N) is 3. The zero-order valence-electron chi connectivity index (χ0n) is 16.0. The van der Waals surface area contributed by atoms with Crippen LogP contribution in [-0.2, 0) is 6.54 Å². The Morgan fingerprint density at radius 1 is 1.04 bits per heavy atom. The van der Waals surface area contributed by atoms with E-state index in [2.05, 4.69) is 58.4 Å². The molecule has 4 rings (SSSR count). The Balaban J connectivity index is 1.56. The van der Waals surface area contributed by atoms with Crippen LogP contribution in [0.4, 0.5) is 17.1 Å². The summed E-state index contributed by atoms with van der Waals surface area (Å²) in [5.74, 6) is 0. The van der Waals surface area contributed by atoms with Crippen LogP contribution < -0.4 is 15.8 Å². The normalized spacial score (nSPS) is 11.1. The standard InChI is InChI=1S/C22H23N5O/c1-16(2)26(15-19-14-22(28)27-21(25-19)12-13-23-27)20-10-8-18(9-11-20)24-17-6-4-3-5-7-17/h3-14,16,23-24H,15H2,1-2H3. The second-order valence-corrected chi connectivity index (χ2v) is 7.00. The average molecular weight is 373 g/mol. The van der Waals surface area contributed by atoms with E-state index in [0.717, 1.165) is 22.8 Å². The van der Waals surface area contributed by atoms with Gasteiger partial charge in [-0.2, -0.15) is 0 Å². The van der Waals surface area contributed by atoms with Crippen LogP contribution in [0.3, 0.4) is 0 Å². The van der Waals surface area contributed by atoms with Crippen molar-refractivity contribution in [3.63, 3.8) is 0 Å². The fraction of sp³-hybridized carbons (Fsp3) is 0.182. The van der Waals surface area contributed by atoms with Crippen LogP contribution in [0.1, 0.15) is 19.5 Å². The molecule has 2 heterocycles. The van der Waals surface area contributed by atoms with E-state index in [0.29, 0.717) is 12.2 Å². The van der Waals surface area contributed by atoms with Gasteiger partial charge in [-0.3, -0.25) is 9.89 Å². The molecule has 0 aliphatic rings. The minimum Gasteiger partial charge on any atom is -0.363 e. The molecule has 0 spiro atoms. The predicted molar refractivity (Wildman–Crippen MR) is 113 cm³/mol. The van der Waals surface area contributed by atoms with Crippen molar-refractivity contribution in [1.29, 1.82) is 0 Å². The van der Waals surface area contributed by atoms with E-state index in [1.807, 2.05) is 30.3 Å². The molecule has 28 heavy (non-hydrogen) atoms. The van der Waals surface area contributed by atoms with Gasteiger partial charge < -0.3 is 10.2 Å². The van der Waals surface area contributed by atoms with Gasteiger partial charge in [0, 0.05) is 41.4 Å². The lowest BCUT2D eigenvalue weighted by Crippen LogP contribution is -2.31. The maximum absolute atomic E-state index is 12.2. The summed E-state index contributed by atoms with van der Waals surface area (Å²) in [7, 11) is 0. The van der Waals surface area contributed by atoms with Crippen molar-refractivity contribution < 1.29 is 0 Å². The van der Waals surface area contributed by atoms with Gasteiger partial charge in [-0.05, 0) is 50.2 Å². The van der Waals surface area contributed by atoms with Crippen molar-refractivity contribution in [3.8, 4) is 0 Å². The van der Waals surface area contributed by atoms with Crippen LogP contribution in [0.2, 0.25) is 0 Å². The Labute approximate surface area is 163 Å². The number of H-pyrrole nitrogens is 1. The molecular weight excluding hydrogens is 350 g/mol. The number of rotatable bonds is 6. The van der Waals surface area contributed by atoms with Crippen LogP contribution in [0.5, 0.6) is 0 Å². The third-order valence-electron chi connectivity index (χ3n) is 4.65. The summed E-state index contributed by atoms with van der Waals surface area (Å²) in [6.45, 7) is 4.84. The summed E-state index contributed by atoms with van der Waals surface area (Å²) in [5, 5.41) is 6.27. The summed E-state index contributed by atoms with van der Waals surface area (Å²) in [5.41, 5.74) is 4.46. The van der Waals surface area contributed by atoms with Gasteiger partial charge in [-0.15, -0.1) is 0 Å². The molecule has 0 unspecified atom stereocenters. The number of para-hydroxylation sites is 1. The Bertz CT molecular complexity index is 1110. The molecule has 6 heteroatoms. The number of anilines is 3. The van der Waals surface area contributed by atoms with Gasteiger partial charge >= 0.3 is 0 Å². The molecule has 142 valence electrons. The lowest BCUT2D eigenvalue weighted by atomic mass is 10.2. The molecule has 6 nitrogen and oxygen atoms in total. The molecule has 0 amide bonds.